The topological polar surface area (TPSA) is 46.5 Å². The van der Waals surface area contributed by atoms with Gasteiger partial charge in [-0.15, -0.1) is 0 Å². The second kappa shape index (κ2) is 5.35. The number of ether oxygens (including phenoxy) is 1. The molecule has 0 bridgehead atoms. The zero-order valence-electron chi connectivity index (χ0n) is 9.03. The average Bonchev–Trinajstić information content (AvgIpc) is 2.48. The van der Waals surface area contributed by atoms with Gasteiger partial charge in [0.1, 0.15) is 0 Å². The Labute approximate surface area is 85.5 Å². The van der Waals surface area contributed by atoms with Gasteiger partial charge in [0.05, 0.1) is 18.6 Å². The SMILES string of the molecule is CCC[C@H]1CC[C@H](O)[C@@H]1C(=O)OCC. The zero-order chi connectivity index (χ0) is 10.6. The van der Waals surface area contributed by atoms with Crippen LogP contribution in [0.2, 0.25) is 0 Å². The van der Waals surface area contributed by atoms with Crippen molar-refractivity contribution in [3.63, 3.8) is 0 Å². The van der Waals surface area contributed by atoms with E-state index in [2.05, 4.69) is 6.92 Å². The maximum atomic E-state index is 11.6. The third kappa shape index (κ3) is 2.47. The van der Waals surface area contributed by atoms with Gasteiger partial charge in [-0.05, 0) is 32.1 Å². The van der Waals surface area contributed by atoms with Gasteiger partial charge in [-0.25, -0.2) is 0 Å². The first kappa shape index (κ1) is 11.5. The van der Waals surface area contributed by atoms with Gasteiger partial charge in [-0.1, -0.05) is 13.3 Å². The summed E-state index contributed by atoms with van der Waals surface area (Å²) in [6.07, 6.45) is 3.30. The molecule has 1 N–H and O–H groups in total. The summed E-state index contributed by atoms with van der Waals surface area (Å²) < 4.78 is 4.97. The molecule has 3 atom stereocenters. The van der Waals surface area contributed by atoms with E-state index in [9.17, 15) is 9.90 Å². The smallest absolute Gasteiger partial charge is 0.311 e. The summed E-state index contributed by atoms with van der Waals surface area (Å²) in [7, 11) is 0. The van der Waals surface area contributed by atoms with Crippen LogP contribution in [0.5, 0.6) is 0 Å². The van der Waals surface area contributed by atoms with Crippen LogP contribution in [0.3, 0.4) is 0 Å². The first-order chi connectivity index (χ1) is 6.70. The van der Waals surface area contributed by atoms with E-state index in [1.165, 1.54) is 0 Å². The highest BCUT2D eigenvalue weighted by atomic mass is 16.5. The largest absolute Gasteiger partial charge is 0.466 e. The Morgan fingerprint density at radius 2 is 2.14 bits per heavy atom. The van der Waals surface area contributed by atoms with Gasteiger partial charge in [0.25, 0.3) is 0 Å². The Kier molecular flexibility index (Phi) is 4.39. The Hall–Kier alpha value is -0.570. The molecule has 0 amide bonds. The van der Waals surface area contributed by atoms with Crippen LogP contribution in [0.4, 0.5) is 0 Å². The molecule has 0 heterocycles. The molecule has 1 rings (SSSR count). The van der Waals surface area contributed by atoms with E-state index in [0.717, 1.165) is 25.7 Å². The average molecular weight is 200 g/mol. The zero-order valence-corrected chi connectivity index (χ0v) is 9.03. The molecule has 0 aromatic rings. The third-order valence-electron chi connectivity index (χ3n) is 2.97. The molecule has 14 heavy (non-hydrogen) atoms. The molecule has 82 valence electrons. The third-order valence-corrected chi connectivity index (χ3v) is 2.97. The molecule has 0 aromatic heterocycles. The predicted molar refractivity (Wildman–Crippen MR) is 53.8 cm³/mol. The Balaban J connectivity index is 2.56. The molecule has 1 aliphatic rings. The molecule has 0 saturated heterocycles. The molecule has 0 radical (unpaired) electrons. The van der Waals surface area contributed by atoms with E-state index in [4.69, 9.17) is 4.74 Å². The van der Waals surface area contributed by atoms with Gasteiger partial charge < -0.3 is 9.84 Å². The molecule has 0 aliphatic heterocycles. The number of carbonyl (C=O) groups excluding carboxylic acids is 1. The van der Waals surface area contributed by atoms with Crippen LogP contribution >= 0.6 is 0 Å². The summed E-state index contributed by atoms with van der Waals surface area (Å²) >= 11 is 0. The van der Waals surface area contributed by atoms with Crippen LogP contribution in [0.1, 0.15) is 39.5 Å². The Morgan fingerprint density at radius 3 is 2.71 bits per heavy atom. The highest BCUT2D eigenvalue weighted by Gasteiger charge is 2.40. The molecule has 3 heteroatoms. The lowest BCUT2D eigenvalue weighted by Gasteiger charge is -2.19. The monoisotopic (exact) mass is 200 g/mol. The quantitative estimate of drug-likeness (QED) is 0.703. The summed E-state index contributed by atoms with van der Waals surface area (Å²) in [5, 5.41) is 9.68. The van der Waals surface area contributed by atoms with Gasteiger partial charge in [0, 0.05) is 0 Å². The number of aliphatic hydroxyl groups is 1. The predicted octanol–water partition coefficient (Wildman–Crippen LogP) is 1.74. The summed E-state index contributed by atoms with van der Waals surface area (Å²) in [6, 6.07) is 0. The van der Waals surface area contributed by atoms with E-state index in [1.54, 1.807) is 6.92 Å². The van der Waals surface area contributed by atoms with Crippen molar-refractivity contribution >= 4 is 5.97 Å². The lowest BCUT2D eigenvalue weighted by Crippen LogP contribution is -2.29. The molecular formula is C11H20O3. The number of esters is 1. The van der Waals surface area contributed by atoms with Gasteiger partial charge in [0.2, 0.25) is 0 Å². The fraction of sp³-hybridized carbons (Fsp3) is 0.909. The normalized spacial score (nSPS) is 31.8. The lowest BCUT2D eigenvalue weighted by molar-refractivity contribution is -0.152. The highest BCUT2D eigenvalue weighted by Crippen LogP contribution is 2.35. The van der Waals surface area contributed by atoms with Crippen LogP contribution in [0, 0.1) is 11.8 Å². The first-order valence-corrected chi connectivity index (χ1v) is 5.55. The van der Waals surface area contributed by atoms with Gasteiger partial charge in [0.15, 0.2) is 0 Å². The Bertz CT molecular complexity index is 189. The number of hydrogen-bond acceptors (Lipinski definition) is 3. The second-order valence-electron chi connectivity index (χ2n) is 3.97. The van der Waals surface area contributed by atoms with Crippen molar-refractivity contribution in [2.75, 3.05) is 6.61 Å². The van der Waals surface area contributed by atoms with Crippen LogP contribution in [0.15, 0.2) is 0 Å². The van der Waals surface area contributed by atoms with Crippen molar-refractivity contribution in [3.8, 4) is 0 Å². The molecular weight excluding hydrogens is 180 g/mol. The molecule has 0 spiro atoms. The van der Waals surface area contributed by atoms with Gasteiger partial charge in [-0.2, -0.15) is 0 Å². The number of hydrogen-bond donors (Lipinski definition) is 1. The molecule has 1 aliphatic carbocycles. The molecule has 3 nitrogen and oxygen atoms in total. The minimum atomic E-state index is -0.481. The molecule has 1 fully saturated rings. The molecule has 1 saturated carbocycles. The maximum Gasteiger partial charge on any atom is 0.311 e. The number of aliphatic hydroxyl groups excluding tert-OH is 1. The number of rotatable bonds is 4. The first-order valence-electron chi connectivity index (χ1n) is 5.55. The van der Waals surface area contributed by atoms with E-state index in [1.807, 2.05) is 0 Å². The minimum absolute atomic E-state index is 0.212. The summed E-state index contributed by atoms with van der Waals surface area (Å²) in [5.41, 5.74) is 0. The van der Waals surface area contributed by atoms with Crippen molar-refractivity contribution in [1.82, 2.24) is 0 Å². The number of carbonyl (C=O) groups is 1. The fourth-order valence-corrected chi connectivity index (χ4v) is 2.34. The minimum Gasteiger partial charge on any atom is -0.466 e. The van der Waals surface area contributed by atoms with Crippen LogP contribution in [-0.2, 0) is 9.53 Å². The molecule has 0 unspecified atom stereocenters. The standard InChI is InChI=1S/C11H20O3/c1-3-5-8-6-7-9(12)10(8)11(13)14-4-2/h8-10,12H,3-7H2,1-2H3/t8-,9-,10+/m0/s1. The summed E-state index contributed by atoms with van der Waals surface area (Å²) in [6.45, 7) is 4.31. The summed E-state index contributed by atoms with van der Waals surface area (Å²) in [4.78, 5) is 11.6. The van der Waals surface area contributed by atoms with Crippen molar-refractivity contribution < 1.29 is 14.6 Å². The Morgan fingerprint density at radius 1 is 1.43 bits per heavy atom. The van der Waals surface area contributed by atoms with E-state index in [-0.39, 0.29) is 11.9 Å². The van der Waals surface area contributed by atoms with Gasteiger partial charge >= 0.3 is 5.97 Å². The van der Waals surface area contributed by atoms with Crippen LogP contribution in [0.25, 0.3) is 0 Å². The highest BCUT2D eigenvalue weighted by molar-refractivity contribution is 5.73. The van der Waals surface area contributed by atoms with Crippen molar-refractivity contribution in [2.24, 2.45) is 11.8 Å². The van der Waals surface area contributed by atoms with Crippen LogP contribution in [-0.4, -0.2) is 23.8 Å². The van der Waals surface area contributed by atoms with Crippen LogP contribution < -0.4 is 0 Å². The van der Waals surface area contributed by atoms with E-state index in [0.29, 0.717) is 12.5 Å². The van der Waals surface area contributed by atoms with Crippen molar-refractivity contribution in [2.45, 2.75) is 45.6 Å². The molecule has 0 aromatic carbocycles. The summed E-state index contributed by atoms with van der Waals surface area (Å²) in [5.74, 6) is -0.153. The van der Waals surface area contributed by atoms with E-state index < -0.39 is 6.10 Å². The van der Waals surface area contributed by atoms with Gasteiger partial charge in [-0.3, -0.25) is 4.79 Å². The van der Waals surface area contributed by atoms with Crippen molar-refractivity contribution in [1.29, 1.82) is 0 Å². The second-order valence-corrected chi connectivity index (χ2v) is 3.97. The van der Waals surface area contributed by atoms with Crippen molar-refractivity contribution in [3.05, 3.63) is 0 Å². The lowest BCUT2D eigenvalue weighted by atomic mass is 9.91. The van der Waals surface area contributed by atoms with E-state index >= 15 is 0 Å². The fourth-order valence-electron chi connectivity index (χ4n) is 2.34. The maximum absolute atomic E-state index is 11.6.